The maximum absolute atomic E-state index is 12.5. The number of ketones is 1. The number of carbonyl (C=O) groups excluding carboxylic acids is 1. The average Bonchev–Trinajstić information content (AvgIpc) is 2.66. The van der Waals surface area contributed by atoms with Crippen LogP contribution in [0.15, 0.2) is 36.4 Å². The standard InChI is InChI=1S/C24H30O4/c1-5-7-18-15-19(11-14-22(26)17-9-12-20(25)13-10-17)24(28-16(3)4)21(8-6-2)23(18)27/h9-16,25,27H,5-8H2,1-4H3. The highest BCUT2D eigenvalue weighted by atomic mass is 16.5. The van der Waals surface area contributed by atoms with Gasteiger partial charge in [0, 0.05) is 16.7 Å². The molecule has 0 saturated carbocycles. The number of phenolic OH excluding ortho intramolecular Hbond substituents is 2. The molecular weight excluding hydrogens is 352 g/mol. The lowest BCUT2D eigenvalue weighted by molar-refractivity contribution is 0.104. The number of allylic oxidation sites excluding steroid dienone is 1. The normalized spacial score (nSPS) is 11.3. The van der Waals surface area contributed by atoms with Crippen LogP contribution < -0.4 is 4.74 Å². The highest BCUT2D eigenvalue weighted by Gasteiger charge is 2.18. The number of phenols is 2. The molecule has 0 unspecified atom stereocenters. The van der Waals surface area contributed by atoms with Gasteiger partial charge < -0.3 is 14.9 Å². The first kappa shape index (κ1) is 21.5. The first-order valence-corrected chi connectivity index (χ1v) is 9.93. The van der Waals surface area contributed by atoms with Crippen LogP contribution in [0.25, 0.3) is 6.08 Å². The Hall–Kier alpha value is -2.75. The molecule has 0 bridgehead atoms. The molecule has 0 saturated heterocycles. The molecule has 0 radical (unpaired) electrons. The van der Waals surface area contributed by atoms with Crippen LogP contribution >= 0.6 is 0 Å². The highest BCUT2D eigenvalue weighted by molar-refractivity contribution is 6.07. The van der Waals surface area contributed by atoms with E-state index in [1.807, 2.05) is 19.9 Å². The van der Waals surface area contributed by atoms with Crippen LogP contribution in [0, 0.1) is 0 Å². The molecule has 0 heterocycles. The van der Waals surface area contributed by atoms with Crippen LogP contribution in [0.3, 0.4) is 0 Å². The number of rotatable bonds is 9. The molecular formula is C24H30O4. The van der Waals surface area contributed by atoms with Crippen LogP contribution in [0.4, 0.5) is 0 Å². The maximum atomic E-state index is 12.5. The van der Waals surface area contributed by atoms with Crippen molar-refractivity contribution >= 4 is 11.9 Å². The fraction of sp³-hybridized carbons (Fsp3) is 0.375. The van der Waals surface area contributed by atoms with Gasteiger partial charge in [-0.15, -0.1) is 0 Å². The Kier molecular flexibility index (Phi) is 7.68. The van der Waals surface area contributed by atoms with Crippen molar-refractivity contribution in [1.29, 1.82) is 0 Å². The Bertz CT molecular complexity index is 833. The fourth-order valence-electron chi connectivity index (χ4n) is 3.13. The van der Waals surface area contributed by atoms with Gasteiger partial charge in [-0.3, -0.25) is 4.79 Å². The SMILES string of the molecule is CCCc1cc(C=CC(=O)c2ccc(O)cc2)c(OC(C)C)c(CCC)c1O. The van der Waals surface area contributed by atoms with Crippen molar-refractivity contribution in [2.75, 3.05) is 0 Å². The van der Waals surface area contributed by atoms with E-state index in [2.05, 4.69) is 13.8 Å². The van der Waals surface area contributed by atoms with Crippen LogP contribution in [-0.2, 0) is 12.8 Å². The van der Waals surface area contributed by atoms with Gasteiger partial charge in [-0.1, -0.05) is 26.7 Å². The number of hydrogen-bond acceptors (Lipinski definition) is 4. The number of hydrogen-bond donors (Lipinski definition) is 2. The highest BCUT2D eigenvalue weighted by Crippen LogP contribution is 2.38. The molecule has 0 aliphatic heterocycles. The smallest absolute Gasteiger partial charge is 0.185 e. The van der Waals surface area contributed by atoms with Gasteiger partial charge in [-0.25, -0.2) is 0 Å². The van der Waals surface area contributed by atoms with E-state index in [0.29, 0.717) is 23.5 Å². The van der Waals surface area contributed by atoms with E-state index in [9.17, 15) is 15.0 Å². The Morgan fingerprint density at radius 2 is 1.71 bits per heavy atom. The summed E-state index contributed by atoms with van der Waals surface area (Å²) in [6.07, 6.45) is 6.48. The quantitative estimate of drug-likeness (QED) is 0.432. The van der Waals surface area contributed by atoms with Crippen LogP contribution in [0.5, 0.6) is 17.2 Å². The summed E-state index contributed by atoms with van der Waals surface area (Å²) < 4.78 is 6.04. The molecule has 2 aromatic carbocycles. The van der Waals surface area contributed by atoms with E-state index in [1.54, 1.807) is 18.2 Å². The Morgan fingerprint density at radius 3 is 2.29 bits per heavy atom. The molecule has 0 fully saturated rings. The molecule has 2 N–H and O–H groups in total. The lowest BCUT2D eigenvalue weighted by atomic mass is 9.96. The number of benzene rings is 2. The summed E-state index contributed by atoms with van der Waals surface area (Å²) >= 11 is 0. The van der Waals surface area contributed by atoms with E-state index in [4.69, 9.17) is 4.74 Å². The van der Waals surface area contributed by atoms with Crippen LogP contribution in [0.1, 0.15) is 67.6 Å². The molecule has 4 nitrogen and oxygen atoms in total. The van der Waals surface area contributed by atoms with Crippen molar-refractivity contribution in [2.45, 2.75) is 59.5 Å². The zero-order valence-corrected chi connectivity index (χ0v) is 17.2. The van der Waals surface area contributed by atoms with Gasteiger partial charge in [-0.2, -0.15) is 0 Å². The summed E-state index contributed by atoms with van der Waals surface area (Å²) in [6.45, 7) is 8.03. The second-order valence-corrected chi connectivity index (χ2v) is 7.19. The summed E-state index contributed by atoms with van der Waals surface area (Å²) in [6, 6.07) is 8.09. The second kappa shape index (κ2) is 9.98. The van der Waals surface area contributed by atoms with Crippen LogP contribution in [-0.4, -0.2) is 22.1 Å². The minimum atomic E-state index is -0.155. The van der Waals surface area contributed by atoms with Gasteiger partial charge >= 0.3 is 0 Å². The lowest BCUT2D eigenvalue weighted by Crippen LogP contribution is -2.10. The molecule has 2 aromatic rings. The lowest BCUT2D eigenvalue weighted by Gasteiger charge is -2.20. The Labute approximate surface area is 167 Å². The largest absolute Gasteiger partial charge is 0.508 e. The van der Waals surface area contributed by atoms with Gasteiger partial charge in [0.15, 0.2) is 5.78 Å². The summed E-state index contributed by atoms with van der Waals surface area (Å²) in [5, 5.41) is 20.1. The van der Waals surface area contributed by atoms with Crippen molar-refractivity contribution in [3.8, 4) is 17.2 Å². The van der Waals surface area contributed by atoms with E-state index in [-0.39, 0.29) is 17.6 Å². The summed E-state index contributed by atoms with van der Waals surface area (Å²) in [5.41, 5.74) is 2.98. The zero-order chi connectivity index (χ0) is 20.7. The molecule has 150 valence electrons. The molecule has 4 heteroatoms. The second-order valence-electron chi connectivity index (χ2n) is 7.19. The van der Waals surface area contributed by atoms with E-state index in [1.165, 1.54) is 18.2 Å². The number of aryl methyl sites for hydroxylation is 1. The summed E-state index contributed by atoms with van der Waals surface area (Å²) in [7, 11) is 0. The number of carbonyl (C=O) groups is 1. The molecule has 0 aliphatic carbocycles. The Morgan fingerprint density at radius 1 is 1.07 bits per heavy atom. The predicted octanol–water partition coefficient (Wildman–Crippen LogP) is 5.69. The molecule has 0 atom stereocenters. The molecule has 28 heavy (non-hydrogen) atoms. The van der Waals surface area contributed by atoms with Gasteiger partial charge in [-0.05, 0) is 74.7 Å². The minimum absolute atomic E-state index is 0.0491. The van der Waals surface area contributed by atoms with Crippen molar-refractivity contribution in [3.63, 3.8) is 0 Å². The van der Waals surface area contributed by atoms with Crippen molar-refractivity contribution in [1.82, 2.24) is 0 Å². The molecule has 0 aliphatic rings. The van der Waals surface area contributed by atoms with Crippen molar-refractivity contribution < 1.29 is 19.7 Å². The third-order valence-electron chi connectivity index (χ3n) is 4.40. The first-order valence-electron chi connectivity index (χ1n) is 9.93. The summed E-state index contributed by atoms with van der Waals surface area (Å²) in [5.74, 6) is 0.920. The summed E-state index contributed by atoms with van der Waals surface area (Å²) in [4.78, 5) is 12.5. The van der Waals surface area contributed by atoms with Gasteiger partial charge in [0.2, 0.25) is 0 Å². The number of aromatic hydroxyl groups is 2. The zero-order valence-electron chi connectivity index (χ0n) is 17.2. The predicted molar refractivity (Wildman–Crippen MR) is 113 cm³/mol. The monoisotopic (exact) mass is 382 g/mol. The van der Waals surface area contributed by atoms with E-state index < -0.39 is 0 Å². The van der Waals surface area contributed by atoms with Gasteiger partial charge in [0.1, 0.15) is 17.2 Å². The first-order chi connectivity index (χ1) is 13.4. The van der Waals surface area contributed by atoms with E-state index >= 15 is 0 Å². The van der Waals surface area contributed by atoms with Gasteiger partial charge in [0.25, 0.3) is 0 Å². The van der Waals surface area contributed by atoms with E-state index in [0.717, 1.165) is 36.0 Å². The molecule has 0 amide bonds. The fourth-order valence-corrected chi connectivity index (χ4v) is 3.13. The molecule has 2 rings (SSSR count). The van der Waals surface area contributed by atoms with Crippen molar-refractivity contribution in [2.24, 2.45) is 0 Å². The average molecular weight is 383 g/mol. The molecule has 0 spiro atoms. The molecule has 0 aromatic heterocycles. The Balaban J connectivity index is 2.49. The van der Waals surface area contributed by atoms with Crippen LogP contribution in [0.2, 0.25) is 0 Å². The third-order valence-corrected chi connectivity index (χ3v) is 4.40. The maximum Gasteiger partial charge on any atom is 0.185 e. The third kappa shape index (κ3) is 5.38. The van der Waals surface area contributed by atoms with Crippen molar-refractivity contribution in [3.05, 3.63) is 58.7 Å². The minimum Gasteiger partial charge on any atom is -0.508 e. The topological polar surface area (TPSA) is 66.8 Å². The number of ether oxygens (including phenoxy) is 1. The van der Waals surface area contributed by atoms with Gasteiger partial charge in [0.05, 0.1) is 6.10 Å².